The molecule has 0 radical (unpaired) electrons. The fraction of sp³-hybridized carbons (Fsp3) is 0.500. The number of aryl methyl sites for hydroxylation is 1. The Labute approximate surface area is 85.9 Å². The van der Waals surface area contributed by atoms with Crippen LogP contribution in [0.3, 0.4) is 0 Å². The van der Waals surface area contributed by atoms with Gasteiger partial charge in [-0.15, -0.1) is 0 Å². The summed E-state index contributed by atoms with van der Waals surface area (Å²) in [5, 5.41) is 3.51. The van der Waals surface area contributed by atoms with Gasteiger partial charge in [0.05, 0.1) is 0 Å². The Morgan fingerprint density at radius 2 is 2.07 bits per heavy atom. The Kier molecular flexibility index (Phi) is 2.73. The number of nitrogens with one attached hydrogen (secondary N) is 1. The molecule has 0 aliphatic carbocycles. The highest BCUT2D eigenvalue weighted by atomic mass is 15.1. The lowest BCUT2D eigenvalue weighted by molar-refractivity contribution is 0.293. The number of hydrogen-bond donors (Lipinski definition) is 1. The van der Waals surface area contributed by atoms with Crippen LogP contribution >= 0.6 is 0 Å². The number of rotatable bonds is 1. The van der Waals surface area contributed by atoms with Gasteiger partial charge in [0.25, 0.3) is 0 Å². The van der Waals surface area contributed by atoms with Crippen LogP contribution in [0.5, 0.6) is 0 Å². The van der Waals surface area contributed by atoms with Crippen molar-refractivity contribution in [1.82, 2.24) is 4.90 Å². The minimum Gasteiger partial charge on any atom is -0.383 e. The molecule has 1 aromatic rings. The number of para-hydroxylation sites is 1. The molecule has 0 unspecified atom stereocenters. The van der Waals surface area contributed by atoms with Gasteiger partial charge in [0.2, 0.25) is 0 Å². The second kappa shape index (κ2) is 4.01. The van der Waals surface area contributed by atoms with Gasteiger partial charge in [-0.2, -0.15) is 0 Å². The lowest BCUT2D eigenvalue weighted by Gasteiger charge is -2.22. The van der Waals surface area contributed by atoms with Gasteiger partial charge in [-0.3, -0.25) is 0 Å². The topological polar surface area (TPSA) is 15.3 Å². The fourth-order valence-corrected chi connectivity index (χ4v) is 2.00. The maximum atomic E-state index is 3.51. The fourth-order valence-electron chi connectivity index (χ4n) is 2.00. The van der Waals surface area contributed by atoms with Crippen LogP contribution in [-0.2, 0) is 6.42 Å². The summed E-state index contributed by atoms with van der Waals surface area (Å²) in [6, 6.07) is 9.27. The van der Waals surface area contributed by atoms with Gasteiger partial charge >= 0.3 is 0 Å². The van der Waals surface area contributed by atoms with E-state index in [0.29, 0.717) is 6.04 Å². The molecule has 2 nitrogen and oxygen atoms in total. The Morgan fingerprint density at radius 3 is 2.86 bits per heavy atom. The molecule has 1 aromatic carbocycles. The molecule has 0 saturated carbocycles. The highest BCUT2D eigenvalue weighted by Gasteiger charge is 2.16. The van der Waals surface area contributed by atoms with Gasteiger partial charge in [0.15, 0.2) is 0 Å². The van der Waals surface area contributed by atoms with Crippen molar-refractivity contribution in [2.24, 2.45) is 0 Å². The van der Waals surface area contributed by atoms with Crippen molar-refractivity contribution in [1.29, 1.82) is 0 Å². The Morgan fingerprint density at radius 1 is 1.29 bits per heavy atom. The first kappa shape index (κ1) is 9.53. The summed E-state index contributed by atoms with van der Waals surface area (Å²) in [5.41, 5.74) is 2.77. The normalized spacial score (nSPS) is 21.2. The van der Waals surface area contributed by atoms with Crippen molar-refractivity contribution in [2.45, 2.75) is 18.9 Å². The zero-order valence-electron chi connectivity index (χ0n) is 8.96. The zero-order valence-corrected chi connectivity index (χ0v) is 8.96. The van der Waals surface area contributed by atoms with Crippen LogP contribution in [0.4, 0.5) is 5.69 Å². The van der Waals surface area contributed by atoms with Crippen molar-refractivity contribution in [3.05, 3.63) is 29.8 Å². The van der Waals surface area contributed by atoms with E-state index in [9.17, 15) is 0 Å². The molecule has 1 aliphatic rings. The zero-order chi connectivity index (χ0) is 9.97. The van der Waals surface area contributed by atoms with E-state index in [-0.39, 0.29) is 0 Å². The number of nitrogens with zero attached hydrogens (tertiary/aromatic N) is 1. The monoisotopic (exact) mass is 190 g/mol. The van der Waals surface area contributed by atoms with E-state index in [2.05, 4.69) is 48.6 Å². The maximum Gasteiger partial charge on any atom is 0.0373 e. The molecule has 1 N–H and O–H groups in total. The van der Waals surface area contributed by atoms with Crippen molar-refractivity contribution in [3.63, 3.8) is 0 Å². The predicted octanol–water partition coefficient (Wildman–Crippen LogP) is 1.97. The average Bonchev–Trinajstić information content (AvgIpc) is 2.39. The van der Waals surface area contributed by atoms with Gasteiger partial charge in [-0.05, 0) is 38.6 Å². The SMILES string of the molecule is CN(C)[C@@H]1CCc2ccccc2NC1. The highest BCUT2D eigenvalue weighted by Crippen LogP contribution is 2.21. The summed E-state index contributed by atoms with van der Waals surface area (Å²) in [4.78, 5) is 2.30. The molecule has 0 amide bonds. The van der Waals surface area contributed by atoms with E-state index in [1.54, 1.807) is 0 Å². The summed E-state index contributed by atoms with van der Waals surface area (Å²) >= 11 is 0. The highest BCUT2D eigenvalue weighted by molar-refractivity contribution is 5.52. The molecule has 0 aromatic heterocycles. The first-order chi connectivity index (χ1) is 6.77. The number of benzene rings is 1. The Bertz CT molecular complexity index is 280. The van der Waals surface area contributed by atoms with Crippen molar-refractivity contribution in [2.75, 3.05) is 26.0 Å². The van der Waals surface area contributed by atoms with E-state index in [1.165, 1.54) is 24.1 Å². The Hall–Kier alpha value is -1.02. The van der Waals surface area contributed by atoms with Crippen LogP contribution in [0.2, 0.25) is 0 Å². The molecule has 0 bridgehead atoms. The molecule has 1 atom stereocenters. The molecule has 1 aliphatic heterocycles. The number of fused-ring (bicyclic) bond motifs is 1. The second-order valence-electron chi connectivity index (χ2n) is 4.19. The Balaban J connectivity index is 2.14. The molecule has 0 saturated heterocycles. The summed E-state index contributed by atoms with van der Waals surface area (Å²) in [5.74, 6) is 0. The predicted molar refractivity (Wildman–Crippen MR) is 60.7 cm³/mol. The van der Waals surface area contributed by atoms with Crippen molar-refractivity contribution < 1.29 is 0 Å². The molecule has 2 rings (SSSR count). The van der Waals surface area contributed by atoms with E-state index in [1.807, 2.05) is 0 Å². The summed E-state index contributed by atoms with van der Waals surface area (Å²) < 4.78 is 0. The third-order valence-corrected chi connectivity index (χ3v) is 3.02. The largest absolute Gasteiger partial charge is 0.383 e. The third kappa shape index (κ3) is 1.90. The van der Waals surface area contributed by atoms with E-state index < -0.39 is 0 Å². The van der Waals surface area contributed by atoms with Crippen LogP contribution in [0.25, 0.3) is 0 Å². The first-order valence-electron chi connectivity index (χ1n) is 5.25. The van der Waals surface area contributed by atoms with Gasteiger partial charge < -0.3 is 10.2 Å². The number of hydrogen-bond acceptors (Lipinski definition) is 2. The van der Waals surface area contributed by atoms with Crippen LogP contribution in [0.15, 0.2) is 24.3 Å². The standard InChI is InChI=1S/C12H18N2/c1-14(2)11-8-7-10-5-3-4-6-12(10)13-9-11/h3-6,11,13H,7-9H2,1-2H3/t11-/m1/s1. The summed E-state index contributed by atoms with van der Waals surface area (Å²) in [6.07, 6.45) is 2.43. The molecule has 1 heterocycles. The molecule has 76 valence electrons. The average molecular weight is 190 g/mol. The molecular weight excluding hydrogens is 172 g/mol. The number of likely N-dealkylation sites (N-methyl/N-ethyl adjacent to an activating group) is 1. The van der Waals surface area contributed by atoms with Crippen LogP contribution in [-0.4, -0.2) is 31.6 Å². The van der Waals surface area contributed by atoms with Gasteiger partial charge in [0, 0.05) is 18.3 Å². The third-order valence-electron chi connectivity index (χ3n) is 3.02. The minimum atomic E-state index is 0.655. The maximum absolute atomic E-state index is 3.51. The molecule has 2 heteroatoms. The van der Waals surface area contributed by atoms with Gasteiger partial charge in [0.1, 0.15) is 0 Å². The summed E-state index contributed by atoms with van der Waals surface area (Å²) in [6.45, 7) is 1.06. The van der Waals surface area contributed by atoms with Crippen LogP contribution in [0, 0.1) is 0 Å². The smallest absolute Gasteiger partial charge is 0.0373 e. The van der Waals surface area contributed by atoms with Crippen molar-refractivity contribution >= 4 is 5.69 Å². The minimum absolute atomic E-state index is 0.655. The lowest BCUT2D eigenvalue weighted by Crippen LogP contribution is -2.33. The summed E-state index contributed by atoms with van der Waals surface area (Å²) in [7, 11) is 4.31. The lowest BCUT2D eigenvalue weighted by atomic mass is 10.1. The molecule has 0 spiro atoms. The quantitative estimate of drug-likeness (QED) is 0.728. The molecular formula is C12H18N2. The van der Waals surface area contributed by atoms with E-state index >= 15 is 0 Å². The van der Waals surface area contributed by atoms with E-state index in [4.69, 9.17) is 0 Å². The molecule has 14 heavy (non-hydrogen) atoms. The number of anilines is 1. The van der Waals surface area contributed by atoms with Gasteiger partial charge in [-0.1, -0.05) is 18.2 Å². The second-order valence-corrected chi connectivity index (χ2v) is 4.19. The first-order valence-corrected chi connectivity index (χ1v) is 5.25. The molecule has 0 fully saturated rings. The van der Waals surface area contributed by atoms with Crippen molar-refractivity contribution in [3.8, 4) is 0 Å². The van der Waals surface area contributed by atoms with Gasteiger partial charge in [-0.25, -0.2) is 0 Å². The van der Waals surface area contributed by atoms with Crippen LogP contribution < -0.4 is 5.32 Å². The van der Waals surface area contributed by atoms with E-state index in [0.717, 1.165) is 6.54 Å². The van der Waals surface area contributed by atoms with Crippen LogP contribution in [0.1, 0.15) is 12.0 Å².